The average Bonchev–Trinajstić information content (AvgIpc) is 3.42. The zero-order valence-electron chi connectivity index (χ0n) is 15.2. The van der Waals surface area contributed by atoms with Crippen molar-refractivity contribution in [1.82, 2.24) is 10.2 Å². The van der Waals surface area contributed by atoms with Crippen LogP contribution in [0.25, 0.3) is 0 Å². The molecule has 0 aliphatic heterocycles. The SMILES string of the molecule is Cc1ccc(NC(=O)C(c2ccccc2)N(C)CC(=O)NC2CC2)cc1. The van der Waals surface area contributed by atoms with E-state index >= 15 is 0 Å². The minimum atomic E-state index is -0.539. The normalized spacial score (nSPS) is 14.7. The van der Waals surface area contributed by atoms with Crippen molar-refractivity contribution in [2.75, 3.05) is 18.9 Å². The smallest absolute Gasteiger partial charge is 0.246 e. The van der Waals surface area contributed by atoms with Gasteiger partial charge in [0.1, 0.15) is 6.04 Å². The monoisotopic (exact) mass is 351 g/mol. The van der Waals surface area contributed by atoms with Crippen molar-refractivity contribution < 1.29 is 9.59 Å². The number of rotatable bonds is 7. The van der Waals surface area contributed by atoms with Crippen molar-refractivity contribution in [1.29, 1.82) is 0 Å². The average molecular weight is 351 g/mol. The number of hydrogen-bond donors (Lipinski definition) is 2. The van der Waals surface area contributed by atoms with Gasteiger partial charge < -0.3 is 10.6 Å². The summed E-state index contributed by atoms with van der Waals surface area (Å²) in [6, 6.07) is 17.0. The van der Waals surface area contributed by atoms with E-state index in [1.807, 2.05) is 61.5 Å². The number of nitrogens with zero attached hydrogens (tertiary/aromatic N) is 1. The third-order valence-corrected chi connectivity index (χ3v) is 4.46. The molecule has 2 aromatic carbocycles. The Labute approximate surface area is 154 Å². The van der Waals surface area contributed by atoms with E-state index in [-0.39, 0.29) is 18.4 Å². The van der Waals surface area contributed by atoms with Crippen LogP contribution in [0.3, 0.4) is 0 Å². The second kappa shape index (κ2) is 8.15. The van der Waals surface area contributed by atoms with Gasteiger partial charge in [0.2, 0.25) is 11.8 Å². The van der Waals surface area contributed by atoms with E-state index in [2.05, 4.69) is 10.6 Å². The zero-order chi connectivity index (χ0) is 18.5. The van der Waals surface area contributed by atoms with Gasteiger partial charge in [-0.1, -0.05) is 48.0 Å². The number of amides is 2. The summed E-state index contributed by atoms with van der Waals surface area (Å²) in [5.74, 6) is -0.194. The molecular weight excluding hydrogens is 326 g/mol. The minimum Gasteiger partial charge on any atom is -0.352 e. The summed E-state index contributed by atoms with van der Waals surface area (Å²) in [4.78, 5) is 26.9. The predicted molar refractivity (Wildman–Crippen MR) is 103 cm³/mol. The molecule has 5 heteroatoms. The number of aryl methyl sites for hydroxylation is 1. The highest BCUT2D eigenvalue weighted by Crippen LogP contribution is 2.22. The molecule has 1 atom stereocenters. The molecule has 1 unspecified atom stereocenters. The van der Waals surface area contributed by atoms with Gasteiger partial charge in [-0.25, -0.2) is 0 Å². The Hall–Kier alpha value is -2.66. The largest absolute Gasteiger partial charge is 0.352 e. The number of likely N-dealkylation sites (N-methyl/N-ethyl adjacent to an activating group) is 1. The number of carbonyl (C=O) groups is 2. The fourth-order valence-corrected chi connectivity index (χ4v) is 2.91. The Balaban J connectivity index is 1.74. The van der Waals surface area contributed by atoms with Crippen LogP contribution in [0.1, 0.15) is 30.0 Å². The summed E-state index contributed by atoms with van der Waals surface area (Å²) in [6.45, 7) is 2.18. The van der Waals surface area contributed by atoms with Crippen LogP contribution in [0.5, 0.6) is 0 Å². The van der Waals surface area contributed by atoms with Crippen LogP contribution in [0.2, 0.25) is 0 Å². The number of anilines is 1. The molecular formula is C21H25N3O2. The third-order valence-electron chi connectivity index (χ3n) is 4.46. The molecule has 0 heterocycles. The summed E-state index contributed by atoms with van der Waals surface area (Å²) < 4.78 is 0. The molecule has 1 saturated carbocycles. The maximum Gasteiger partial charge on any atom is 0.246 e. The molecule has 136 valence electrons. The van der Waals surface area contributed by atoms with Crippen LogP contribution in [-0.4, -0.2) is 36.3 Å². The first-order valence-electron chi connectivity index (χ1n) is 8.95. The Morgan fingerprint density at radius 1 is 1.08 bits per heavy atom. The van der Waals surface area contributed by atoms with E-state index in [1.54, 1.807) is 11.9 Å². The summed E-state index contributed by atoms with van der Waals surface area (Å²) in [5.41, 5.74) is 2.74. The first-order chi connectivity index (χ1) is 12.5. The zero-order valence-corrected chi connectivity index (χ0v) is 15.2. The van der Waals surface area contributed by atoms with Crippen molar-refractivity contribution in [2.24, 2.45) is 0 Å². The van der Waals surface area contributed by atoms with Gasteiger partial charge in [-0.05, 0) is 44.5 Å². The summed E-state index contributed by atoms with van der Waals surface area (Å²) in [5, 5.41) is 5.94. The fraction of sp³-hybridized carbons (Fsp3) is 0.333. The van der Waals surface area contributed by atoms with E-state index in [1.165, 1.54) is 0 Å². The van der Waals surface area contributed by atoms with E-state index in [0.717, 1.165) is 29.7 Å². The van der Waals surface area contributed by atoms with Gasteiger partial charge in [0.25, 0.3) is 0 Å². The van der Waals surface area contributed by atoms with Gasteiger partial charge in [-0.15, -0.1) is 0 Å². The lowest BCUT2D eigenvalue weighted by molar-refractivity contribution is -0.125. The van der Waals surface area contributed by atoms with Gasteiger partial charge in [-0.2, -0.15) is 0 Å². The van der Waals surface area contributed by atoms with Crippen molar-refractivity contribution in [3.05, 3.63) is 65.7 Å². The molecule has 1 fully saturated rings. The molecule has 2 amide bonds. The molecule has 2 aromatic rings. The van der Waals surface area contributed by atoms with E-state index in [0.29, 0.717) is 6.04 Å². The fourth-order valence-electron chi connectivity index (χ4n) is 2.91. The topological polar surface area (TPSA) is 61.4 Å². The molecule has 2 N–H and O–H groups in total. The van der Waals surface area contributed by atoms with Crippen LogP contribution >= 0.6 is 0 Å². The standard InChI is InChI=1S/C21H25N3O2/c1-15-8-10-18(11-9-15)23-21(26)20(16-6-4-3-5-7-16)24(2)14-19(25)22-17-12-13-17/h3-11,17,20H,12-14H2,1-2H3,(H,22,25)(H,23,26). The lowest BCUT2D eigenvalue weighted by Crippen LogP contribution is -2.41. The molecule has 1 aliphatic carbocycles. The first-order valence-corrected chi connectivity index (χ1v) is 8.95. The molecule has 1 aliphatic rings. The lowest BCUT2D eigenvalue weighted by Gasteiger charge is -2.27. The van der Waals surface area contributed by atoms with Crippen LogP contribution in [-0.2, 0) is 9.59 Å². The highest BCUT2D eigenvalue weighted by molar-refractivity contribution is 5.96. The second-order valence-corrected chi connectivity index (χ2v) is 6.93. The molecule has 0 bridgehead atoms. The summed E-state index contributed by atoms with van der Waals surface area (Å²) in [7, 11) is 1.80. The van der Waals surface area contributed by atoms with Crippen molar-refractivity contribution in [3.63, 3.8) is 0 Å². The molecule has 0 saturated heterocycles. The van der Waals surface area contributed by atoms with E-state index < -0.39 is 6.04 Å². The Kier molecular flexibility index (Phi) is 5.68. The predicted octanol–water partition coefficient (Wildman–Crippen LogP) is 2.89. The number of hydrogen-bond acceptors (Lipinski definition) is 3. The third kappa shape index (κ3) is 4.92. The van der Waals surface area contributed by atoms with Crippen LogP contribution in [0.4, 0.5) is 5.69 Å². The van der Waals surface area contributed by atoms with E-state index in [9.17, 15) is 9.59 Å². The minimum absolute atomic E-state index is 0.0425. The van der Waals surface area contributed by atoms with Crippen molar-refractivity contribution in [3.8, 4) is 0 Å². The second-order valence-electron chi connectivity index (χ2n) is 6.93. The molecule has 0 radical (unpaired) electrons. The van der Waals surface area contributed by atoms with Crippen molar-refractivity contribution >= 4 is 17.5 Å². The molecule has 5 nitrogen and oxygen atoms in total. The lowest BCUT2D eigenvalue weighted by atomic mass is 10.0. The van der Waals surface area contributed by atoms with Gasteiger partial charge in [-0.3, -0.25) is 14.5 Å². The Morgan fingerprint density at radius 2 is 1.73 bits per heavy atom. The van der Waals surface area contributed by atoms with Crippen LogP contribution in [0, 0.1) is 6.92 Å². The highest BCUT2D eigenvalue weighted by Gasteiger charge is 2.29. The number of nitrogens with one attached hydrogen (secondary N) is 2. The van der Waals surface area contributed by atoms with Gasteiger partial charge >= 0.3 is 0 Å². The van der Waals surface area contributed by atoms with Crippen LogP contribution in [0.15, 0.2) is 54.6 Å². The summed E-state index contributed by atoms with van der Waals surface area (Å²) >= 11 is 0. The quantitative estimate of drug-likeness (QED) is 0.806. The highest BCUT2D eigenvalue weighted by atomic mass is 16.2. The van der Waals surface area contributed by atoms with Crippen molar-refractivity contribution in [2.45, 2.75) is 31.8 Å². The molecule has 26 heavy (non-hydrogen) atoms. The maximum atomic E-state index is 13.0. The van der Waals surface area contributed by atoms with E-state index in [4.69, 9.17) is 0 Å². The Morgan fingerprint density at radius 3 is 2.35 bits per heavy atom. The summed E-state index contributed by atoms with van der Waals surface area (Å²) in [6.07, 6.45) is 2.09. The number of carbonyl (C=O) groups excluding carboxylic acids is 2. The Bertz CT molecular complexity index is 755. The van der Waals surface area contributed by atoms with Gasteiger partial charge in [0.05, 0.1) is 6.54 Å². The molecule has 0 aromatic heterocycles. The van der Waals surface area contributed by atoms with Crippen LogP contribution < -0.4 is 10.6 Å². The van der Waals surface area contributed by atoms with Gasteiger partial charge in [0.15, 0.2) is 0 Å². The van der Waals surface area contributed by atoms with Gasteiger partial charge in [0, 0.05) is 11.7 Å². The molecule has 3 rings (SSSR count). The molecule has 0 spiro atoms. The maximum absolute atomic E-state index is 13.0. The first kappa shape index (κ1) is 18.1. The number of benzene rings is 2.